The van der Waals surface area contributed by atoms with Crippen LogP contribution in [0.1, 0.15) is 12.6 Å². The van der Waals surface area contributed by atoms with Gasteiger partial charge in [-0.05, 0) is 37.3 Å². The molecule has 0 spiro atoms. The first-order valence-electron chi connectivity index (χ1n) is 8.52. The lowest BCUT2D eigenvalue weighted by atomic mass is 10.3. The highest BCUT2D eigenvalue weighted by atomic mass is 19.1. The Morgan fingerprint density at radius 1 is 1.22 bits per heavy atom. The van der Waals surface area contributed by atoms with Gasteiger partial charge in [-0.25, -0.2) is 14.1 Å². The summed E-state index contributed by atoms with van der Waals surface area (Å²) in [5.41, 5.74) is 2.46. The van der Waals surface area contributed by atoms with Gasteiger partial charge in [0.25, 0.3) is 0 Å². The predicted octanol–water partition coefficient (Wildman–Crippen LogP) is 1.71. The summed E-state index contributed by atoms with van der Waals surface area (Å²) in [5, 5.41) is 10.6. The lowest BCUT2D eigenvalue weighted by molar-refractivity contribution is -0.127. The van der Waals surface area contributed by atoms with Crippen LogP contribution < -0.4 is 10.6 Å². The second-order valence-corrected chi connectivity index (χ2v) is 6.35. The highest BCUT2D eigenvalue weighted by Crippen LogP contribution is 2.09. The zero-order valence-electron chi connectivity index (χ0n) is 15.9. The maximum absolute atomic E-state index is 13.0. The summed E-state index contributed by atoms with van der Waals surface area (Å²) in [5.74, 6) is 0.159. The highest BCUT2D eigenvalue weighted by molar-refractivity contribution is 5.86. The molecule has 0 radical (unpaired) electrons. The number of carbonyl (C=O) groups excluding carboxylic acids is 1. The van der Waals surface area contributed by atoms with Crippen molar-refractivity contribution < 1.29 is 9.18 Å². The van der Waals surface area contributed by atoms with E-state index < -0.39 is 0 Å². The zero-order chi connectivity index (χ0) is 19.8. The Morgan fingerprint density at radius 3 is 2.52 bits per heavy atom. The number of aromatic nitrogens is 2. The summed E-state index contributed by atoms with van der Waals surface area (Å²) < 4.78 is 14.7. The van der Waals surface area contributed by atoms with Crippen LogP contribution in [0, 0.1) is 5.82 Å². The molecule has 1 heterocycles. The summed E-state index contributed by atoms with van der Waals surface area (Å²) in [4.78, 5) is 17.7. The SMILES string of the molecule is C=C(C)CNC(=NCc1ccn(-c2ccc(F)cc2)n1)NCC(=O)N(C)C. The van der Waals surface area contributed by atoms with E-state index in [9.17, 15) is 9.18 Å². The first-order chi connectivity index (χ1) is 12.8. The summed E-state index contributed by atoms with van der Waals surface area (Å²) in [6, 6.07) is 7.93. The third kappa shape index (κ3) is 6.58. The van der Waals surface area contributed by atoms with Crippen LogP contribution in [-0.2, 0) is 11.3 Å². The van der Waals surface area contributed by atoms with Gasteiger partial charge in [0.1, 0.15) is 5.82 Å². The van der Waals surface area contributed by atoms with Gasteiger partial charge in [-0.15, -0.1) is 0 Å². The fourth-order valence-corrected chi connectivity index (χ4v) is 2.07. The molecule has 7 nitrogen and oxygen atoms in total. The van der Waals surface area contributed by atoms with E-state index in [1.54, 1.807) is 37.1 Å². The van der Waals surface area contributed by atoms with E-state index >= 15 is 0 Å². The van der Waals surface area contributed by atoms with Crippen LogP contribution in [0.25, 0.3) is 5.69 Å². The van der Waals surface area contributed by atoms with Gasteiger partial charge in [-0.1, -0.05) is 12.2 Å². The first kappa shape index (κ1) is 20.2. The molecule has 1 amide bonds. The molecular weight excluding hydrogens is 347 g/mol. The van der Waals surface area contributed by atoms with Gasteiger partial charge in [0.2, 0.25) is 5.91 Å². The molecule has 8 heteroatoms. The van der Waals surface area contributed by atoms with Crippen LogP contribution >= 0.6 is 0 Å². The number of carbonyl (C=O) groups is 1. The molecule has 0 atom stereocenters. The Kier molecular flexibility index (Phi) is 7.10. The summed E-state index contributed by atoms with van der Waals surface area (Å²) in [6.45, 7) is 6.77. The molecule has 0 saturated carbocycles. The first-order valence-corrected chi connectivity index (χ1v) is 8.52. The molecule has 0 unspecified atom stereocenters. The fraction of sp³-hybridized carbons (Fsp3) is 0.316. The van der Waals surface area contributed by atoms with Gasteiger partial charge < -0.3 is 15.5 Å². The van der Waals surface area contributed by atoms with Crippen LogP contribution in [-0.4, -0.2) is 53.7 Å². The number of guanidine groups is 1. The zero-order valence-corrected chi connectivity index (χ0v) is 15.9. The molecular formula is C19H25FN6O. The van der Waals surface area contributed by atoms with E-state index in [-0.39, 0.29) is 18.3 Å². The Balaban J connectivity index is 2.04. The minimum Gasteiger partial charge on any atom is -0.353 e. The smallest absolute Gasteiger partial charge is 0.241 e. The molecule has 2 N–H and O–H groups in total. The number of halogens is 1. The molecule has 0 saturated heterocycles. The molecule has 0 aliphatic carbocycles. The number of nitrogens with zero attached hydrogens (tertiary/aromatic N) is 4. The standard InChI is InChI=1S/C19H25FN6O/c1-14(2)11-21-19(23-13-18(27)25(3)4)22-12-16-9-10-26(24-16)17-7-5-15(20)6-8-17/h5-10H,1,11-13H2,2-4H3,(H2,21,22,23). The topological polar surface area (TPSA) is 74.5 Å². The number of rotatable bonds is 7. The third-order valence-corrected chi connectivity index (χ3v) is 3.60. The number of hydrogen-bond donors (Lipinski definition) is 2. The van der Waals surface area contributed by atoms with Crippen LogP contribution in [0.15, 0.2) is 53.7 Å². The van der Waals surface area contributed by atoms with Crippen molar-refractivity contribution in [3.63, 3.8) is 0 Å². The van der Waals surface area contributed by atoms with Gasteiger partial charge >= 0.3 is 0 Å². The van der Waals surface area contributed by atoms with E-state index in [4.69, 9.17) is 0 Å². The number of aliphatic imine (C=N–C) groups is 1. The van der Waals surface area contributed by atoms with Crippen molar-refractivity contribution in [3.05, 3.63) is 60.2 Å². The average molecular weight is 372 g/mol. The maximum atomic E-state index is 13.0. The van der Waals surface area contributed by atoms with Crippen molar-refractivity contribution >= 4 is 11.9 Å². The number of benzene rings is 1. The highest BCUT2D eigenvalue weighted by Gasteiger charge is 2.07. The van der Waals surface area contributed by atoms with Crippen molar-refractivity contribution in [2.75, 3.05) is 27.2 Å². The largest absolute Gasteiger partial charge is 0.353 e. The Hall–Kier alpha value is -3.16. The van der Waals surface area contributed by atoms with Crippen LogP contribution in [0.2, 0.25) is 0 Å². The fourth-order valence-electron chi connectivity index (χ4n) is 2.07. The predicted molar refractivity (Wildman–Crippen MR) is 104 cm³/mol. The minimum atomic E-state index is -0.290. The van der Waals surface area contributed by atoms with Gasteiger partial charge in [-0.2, -0.15) is 5.10 Å². The molecule has 1 aromatic carbocycles. The third-order valence-electron chi connectivity index (χ3n) is 3.60. The van der Waals surface area contributed by atoms with Gasteiger partial charge in [-0.3, -0.25) is 4.79 Å². The summed E-state index contributed by atoms with van der Waals surface area (Å²) in [7, 11) is 3.40. The Morgan fingerprint density at radius 2 is 1.89 bits per heavy atom. The molecule has 0 bridgehead atoms. The molecule has 0 aliphatic heterocycles. The van der Waals surface area contributed by atoms with Crippen LogP contribution in [0.3, 0.4) is 0 Å². The van der Waals surface area contributed by atoms with Crippen molar-refractivity contribution in [3.8, 4) is 5.69 Å². The summed E-state index contributed by atoms with van der Waals surface area (Å²) in [6.07, 6.45) is 1.79. The monoisotopic (exact) mass is 372 g/mol. The van der Waals surface area contributed by atoms with Crippen molar-refractivity contribution in [2.45, 2.75) is 13.5 Å². The molecule has 27 heavy (non-hydrogen) atoms. The van der Waals surface area contributed by atoms with Gasteiger partial charge in [0.05, 0.1) is 24.5 Å². The second kappa shape index (κ2) is 9.51. The second-order valence-electron chi connectivity index (χ2n) is 6.35. The van der Waals surface area contributed by atoms with Crippen molar-refractivity contribution in [1.29, 1.82) is 0 Å². The quantitative estimate of drug-likeness (QED) is 0.441. The molecule has 2 rings (SSSR count). The maximum Gasteiger partial charge on any atom is 0.241 e. The number of amides is 1. The summed E-state index contributed by atoms with van der Waals surface area (Å²) >= 11 is 0. The molecule has 2 aromatic rings. The van der Waals surface area contributed by atoms with E-state index in [2.05, 4.69) is 27.3 Å². The molecule has 1 aromatic heterocycles. The van der Waals surface area contributed by atoms with E-state index in [0.717, 1.165) is 17.0 Å². The number of likely N-dealkylation sites (N-methyl/N-ethyl adjacent to an activating group) is 1. The molecule has 144 valence electrons. The Bertz CT molecular complexity index is 810. The van der Waals surface area contributed by atoms with Crippen molar-refractivity contribution in [2.24, 2.45) is 4.99 Å². The van der Waals surface area contributed by atoms with Gasteiger partial charge in [0.15, 0.2) is 5.96 Å². The average Bonchev–Trinajstić information content (AvgIpc) is 3.10. The lowest BCUT2D eigenvalue weighted by Gasteiger charge is -2.14. The van der Waals surface area contributed by atoms with E-state index in [1.165, 1.54) is 17.0 Å². The van der Waals surface area contributed by atoms with E-state index in [1.807, 2.05) is 13.0 Å². The van der Waals surface area contributed by atoms with Crippen LogP contribution in [0.5, 0.6) is 0 Å². The number of nitrogens with one attached hydrogen (secondary N) is 2. The normalized spacial score (nSPS) is 11.2. The minimum absolute atomic E-state index is 0.0552. The molecule has 0 aliphatic rings. The van der Waals surface area contributed by atoms with E-state index in [0.29, 0.717) is 19.0 Å². The molecule has 0 fully saturated rings. The van der Waals surface area contributed by atoms with Crippen LogP contribution in [0.4, 0.5) is 4.39 Å². The van der Waals surface area contributed by atoms with Gasteiger partial charge in [0, 0.05) is 26.8 Å². The van der Waals surface area contributed by atoms with Crippen molar-refractivity contribution in [1.82, 2.24) is 25.3 Å². The number of hydrogen-bond acceptors (Lipinski definition) is 3. The Labute approximate surface area is 158 Å². The lowest BCUT2D eigenvalue weighted by Crippen LogP contribution is -2.43.